The monoisotopic (exact) mass is 278 g/mol. The molecule has 1 aromatic rings. The number of rotatable bonds is 2. The van der Waals surface area contributed by atoms with Gasteiger partial charge in [-0.2, -0.15) is 0 Å². The van der Waals surface area contributed by atoms with Gasteiger partial charge in [0.2, 0.25) is 0 Å². The summed E-state index contributed by atoms with van der Waals surface area (Å²) in [5.74, 6) is 1.51. The Morgan fingerprint density at radius 1 is 1.30 bits per heavy atom. The Labute approximate surface area is 119 Å². The molecule has 20 heavy (non-hydrogen) atoms. The molecule has 0 saturated heterocycles. The van der Waals surface area contributed by atoms with Crippen molar-refractivity contribution in [3.8, 4) is 11.5 Å². The number of hydrogen-bond donors (Lipinski definition) is 1. The van der Waals surface area contributed by atoms with Crippen molar-refractivity contribution in [3.63, 3.8) is 0 Å². The van der Waals surface area contributed by atoms with Gasteiger partial charge in [0.1, 0.15) is 17.1 Å². The molecule has 0 amide bonds. The first-order chi connectivity index (χ1) is 9.65. The standard InChI is InChI=1S/C16H22O4/c1-18-11-5-6-13-14(17)10-16(20-15(13)8-11)7-3-4-12(9-16)19-2/h5-6,8,12,14,17H,3-4,7,9-10H2,1-2H3. The minimum absolute atomic E-state index is 0.225. The van der Waals surface area contributed by atoms with Crippen LogP contribution < -0.4 is 9.47 Å². The number of hydrogen-bond acceptors (Lipinski definition) is 4. The Bertz CT molecular complexity index is 487. The van der Waals surface area contributed by atoms with Gasteiger partial charge < -0.3 is 19.3 Å². The van der Waals surface area contributed by atoms with Crippen LogP contribution in [0.4, 0.5) is 0 Å². The van der Waals surface area contributed by atoms with Gasteiger partial charge in [-0.15, -0.1) is 0 Å². The lowest BCUT2D eigenvalue weighted by atomic mass is 9.76. The molecular weight excluding hydrogens is 256 g/mol. The van der Waals surface area contributed by atoms with Crippen LogP contribution in [0.15, 0.2) is 18.2 Å². The third-order valence-corrected chi connectivity index (χ3v) is 4.56. The summed E-state index contributed by atoms with van der Waals surface area (Å²) in [4.78, 5) is 0. The maximum atomic E-state index is 10.4. The molecule has 1 aliphatic carbocycles. The number of benzene rings is 1. The van der Waals surface area contributed by atoms with E-state index in [0.717, 1.165) is 42.7 Å². The van der Waals surface area contributed by atoms with E-state index in [1.165, 1.54) is 0 Å². The molecule has 0 radical (unpaired) electrons. The summed E-state index contributed by atoms with van der Waals surface area (Å²) in [7, 11) is 3.39. The summed E-state index contributed by atoms with van der Waals surface area (Å²) in [5, 5.41) is 10.4. The van der Waals surface area contributed by atoms with Gasteiger partial charge in [0, 0.05) is 31.6 Å². The molecule has 3 rings (SSSR count). The van der Waals surface area contributed by atoms with Gasteiger partial charge in [0.15, 0.2) is 0 Å². The average Bonchev–Trinajstić information content (AvgIpc) is 2.46. The van der Waals surface area contributed by atoms with Crippen LogP contribution in [0.25, 0.3) is 0 Å². The first-order valence-corrected chi connectivity index (χ1v) is 7.23. The third kappa shape index (κ3) is 2.38. The van der Waals surface area contributed by atoms with Crippen molar-refractivity contribution in [3.05, 3.63) is 23.8 Å². The minimum Gasteiger partial charge on any atom is -0.497 e. The lowest BCUT2D eigenvalue weighted by Crippen LogP contribution is -2.46. The van der Waals surface area contributed by atoms with Crippen LogP contribution >= 0.6 is 0 Å². The van der Waals surface area contributed by atoms with Crippen molar-refractivity contribution in [1.82, 2.24) is 0 Å². The van der Waals surface area contributed by atoms with Crippen molar-refractivity contribution >= 4 is 0 Å². The predicted octanol–water partition coefficient (Wildman–Crippen LogP) is 2.84. The Morgan fingerprint density at radius 3 is 2.90 bits per heavy atom. The molecule has 2 aliphatic rings. The highest BCUT2D eigenvalue weighted by Gasteiger charge is 2.44. The molecule has 110 valence electrons. The molecule has 4 nitrogen and oxygen atoms in total. The molecular formula is C16H22O4. The fourth-order valence-electron chi connectivity index (χ4n) is 3.49. The zero-order chi connectivity index (χ0) is 14.2. The first-order valence-electron chi connectivity index (χ1n) is 7.23. The maximum Gasteiger partial charge on any atom is 0.129 e. The topological polar surface area (TPSA) is 47.9 Å². The second-order valence-corrected chi connectivity index (χ2v) is 5.86. The number of aliphatic hydroxyl groups excluding tert-OH is 1. The second-order valence-electron chi connectivity index (χ2n) is 5.86. The Kier molecular flexibility index (Phi) is 3.61. The first kappa shape index (κ1) is 13.7. The van der Waals surface area contributed by atoms with Crippen LogP contribution in [0.3, 0.4) is 0 Å². The lowest BCUT2D eigenvalue weighted by molar-refractivity contribution is -0.0797. The number of ether oxygens (including phenoxy) is 3. The molecule has 1 aromatic carbocycles. The molecule has 3 atom stereocenters. The van der Waals surface area contributed by atoms with E-state index in [0.29, 0.717) is 6.42 Å². The number of aliphatic hydroxyl groups is 1. The zero-order valence-corrected chi connectivity index (χ0v) is 12.1. The van der Waals surface area contributed by atoms with E-state index in [9.17, 15) is 5.11 Å². The summed E-state index contributed by atoms with van der Waals surface area (Å²) < 4.78 is 17.0. The van der Waals surface area contributed by atoms with Gasteiger partial charge >= 0.3 is 0 Å². The van der Waals surface area contributed by atoms with Crippen molar-refractivity contribution in [1.29, 1.82) is 0 Å². The summed E-state index contributed by atoms with van der Waals surface area (Å²) in [6.07, 6.45) is 4.36. The quantitative estimate of drug-likeness (QED) is 0.903. The molecule has 1 spiro atoms. The molecule has 0 aromatic heterocycles. The summed E-state index contributed by atoms with van der Waals surface area (Å²) >= 11 is 0. The van der Waals surface area contributed by atoms with Gasteiger partial charge in [0.25, 0.3) is 0 Å². The van der Waals surface area contributed by atoms with E-state index in [1.807, 2.05) is 18.2 Å². The van der Waals surface area contributed by atoms with Gasteiger partial charge in [-0.05, 0) is 31.4 Å². The molecule has 4 heteroatoms. The molecule has 1 N–H and O–H groups in total. The average molecular weight is 278 g/mol. The van der Waals surface area contributed by atoms with Crippen LogP contribution in [-0.4, -0.2) is 31.0 Å². The molecule has 1 heterocycles. The van der Waals surface area contributed by atoms with E-state index < -0.39 is 6.10 Å². The Balaban J connectivity index is 1.90. The third-order valence-electron chi connectivity index (χ3n) is 4.56. The highest BCUT2D eigenvalue weighted by molar-refractivity contribution is 5.44. The molecule has 1 aliphatic heterocycles. The smallest absolute Gasteiger partial charge is 0.129 e. The zero-order valence-electron chi connectivity index (χ0n) is 12.1. The minimum atomic E-state index is -0.472. The number of methoxy groups -OCH3 is 2. The highest BCUT2D eigenvalue weighted by Crippen LogP contribution is 2.47. The van der Waals surface area contributed by atoms with E-state index >= 15 is 0 Å². The molecule has 0 bridgehead atoms. The van der Waals surface area contributed by atoms with Crippen LogP contribution in [0, 0.1) is 0 Å². The Hall–Kier alpha value is -1.26. The van der Waals surface area contributed by atoms with E-state index in [4.69, 9.17) is 14.2 Å². The molecule has 1 fully saturated rings. The Morgan fingerprint density at radius 2 is 2.15 bits per heavy atom. The highest BCUT2D eigenvalue weighted by atomic mass is 16.5. The normalized spacial score (nSPS) is 32.5. The summed E-state index contributed by atoms with van der Waals surface area (Å²) in [5.41, 5.74) is 0.563. The van der Waals surface area contributed by atoms with Gasteiger partial charge in [0.05, 0.1) is 19.3 Å². The van der Waals surface area contributed by atoms with Crippen molar-refractivity contribution < 1.29 is 19.3 Å². The number of fused-ring (bicyclic) bond motifs is 1. The largest absolute Gasteiger partial charge is 0.497 e. The second kappa shape index (κ2) is 5.26. The van der Waals surface area contributed by atoms with E-state index in [1.54, 1.807) is 14.2 Å². The lowest BCUT2D eigenvalue weighted by Gasteiger charge is -2.45. The van der Waals surface area contributed by atoms with Crippen LogP contribution in [0.1, 0.15) is 43.8 Å². The van der Waals surface area contributed by atoms with Crippen molar-refractivity contribution in [2.24, 2.45) is 0 Å². The van der Waals surface area contributed by atoms with Crippen LogP contribution in [-0.2, 0) is 4.74 Å². The van der Waals surface area contributed by atoms with E-state index in [2.05, 4.69) is 0 Å². The van der Waals surface area contributed by atoms with Gasteiger partial charge in [-0.3, -0.25) is 0 Å². The summed E-state index contributed by atoms with van der Waals surface area (Å²) in [6.45, 7) is 0. The van der Waals surface area contributed by atoms with Crippen LogP contribution in [0.2, 0.25) is 0 Å². The summed E-state index contributed by atoms with van der Waals surface area (Å²) in [6, 6.07) is 5.63. The van der Waals surface area contributed by atoms with Crippen molar-refractivity contribution in [2.75, 3.05) is 14.2 Å². The van der Waals surface area contributed by atoms with Gasteiger partial charge in [-0.25, -0.2) is 0 Å². The van der Waals surface area contributed by atoms with Crippen molar-refractivity contribution in [2.45, 2.75) is 49.9 Å². The fraction of sp³-hybridized carbons (Fsp3) is 0.625. The van der Waals surface area contributed by atoms with E-state index in [-0.39, 0.29) is 11.7 Å². The molecule has 3 unspecified atom stereocenters. The van der Waals surface area contributed by atoms with Crippen LogP contribution in [0.5, 0.6) is 11.5 Å². The molecule has 1 saturated carbocycles. The predicted molar refractivity (Wildman–Crippen MR) is 75.2 cm³/mol. The fourth-order valence-corrected chi connectivity index (χ4v) is 3.49. The SMILES string of the molecule is COc1ccc2c(c1)OC1(CCCC(OC)C1)CC2O. The van der Waals surface area contributed by atoms with Gasteiger partial charge in [-0.1, -0.05) is 0 Å². The maximum absolute atomic E-state index is 10.4.